The number of piperidine rings is 1. The number of aromatic nitrogens is 3. The molecule has 1 aliphatic rings. The predicted octanol–water partition coefficient (Wildman–Crippen LogP) is 4.06. The van der Waals surface area contributed by atoms with Crippen molar-refractivity contribution in [3.05, 3.63) is 58.9 Å². The van der Waals surface area contributed by atoms with Crippen LogP contribution in [0.15, 0.2) is 42.5 Å². The van der Waals surface area contributed by atoms with E-state index in [0.29, 0.717) is 11.6 Å². The van der Waals surface area contributed by atoms with Gasteiger partial charge in [-0.15, -0.1) is 5.10 Å². The fourth-order valence-electron chi connectivity index (χ4n) is 3.35. The van der Waals surface area contributed by atoms with Gasteiger partial charge >= 0.3 is 0 Å². The Morgan fingerprint density at radius 1 is 1.08 bits per heavy atom. The second-order valence-electron chi connectivity index (χ2n) is 6.30. The molecule has 4 rings (SSSR count). The highest BCUT2D eigenvalue weighted by Gasteiger charge is 2.23. The summed E-state index contributed by atoms with van der Waals surface area (Å²) in [5.41, 5.74) is 2.81. The Bertz CT molecular complexity index is 838. The zero-order valence-electron chi connectivity index (χ0n) is 13.2. The average Bonchev–Trinajstić information content (AvgIpc) is 3.00. The molecule has 3 aromatic rings. The zero-order chi connectivity index (χ0) is 16.5. The first-order chi connectivity index (χ1) is 11.7. The lowest BCUT2D eigenvalue weighted by atomic mass is 10.0. The van der Waals surface area contributed by atoms with Crippen LogP contribution >= 0.6 is 11.6 Å². The largest absolute Gasteiger partial charge is 0.299 e. The van der Waals surface area contributed by atoms with E-state index in [1.807, 2.05) is 16.8 Å². The van der Waals surface area contributed by atoms with E-state index in [1.54, 1.807) is 6.07 Å². The minimum atomic E-state index is -0.271. The standard InChI is InChI=1S/C18H18ClFN4/c19-14-3-1-13(2-4-14)12-23-9-7-16(8-10-23)24-18-6-5-15(20)11-17(18)21-22-24/h1-6,11,16H,7-10,12H2. The average molecular weight is 345 g/mol. The minimum absolute atomic E-state index is 0.271. The lowest BCUT2D eigenvalue weighted by Gasteiger charge is -2.32. The number of rotatable bonds is 3. The van der Waals surface area contributed by atoms with E-state index in [9.17, 15) is 4.39 Å². The molecule has 0 amide bonds. The van der Waals surface area contributed by atoms with E-state index < -0.39 is 0 Å². The molecule has 0 aliphatic carbocycles. The van der Waals surface area contributed by atoms with E-state index in [-0.39, 0.29) is 5.82 Å². The van der Waals surface area contributed by atoms with Crippen molar-refractivity contribution in [2.24, 2.45) is 0 Å². The molecule has 2 heterocycles. The van der Waals surface area contributed by atoms with Gasteiger partial charge < -0.3 is 0 Å². The van der Waals surface area contributed by atoms with Gasteiger partial charge in [0.15, 0.2) is 0 Å². The van der Waals surface area contributed by atoms with Gasteiger partial charge in [0.1, 0.15) is 11.3 Å². The summed E-state index contributed by atoms with van der Waals surface area (Å²) in [6, 6.07) is 13.0. The Morgan fingerprint density at radius 3 is 2.58 bits per heavy atom. The Kier molecular flexibility index (Phi) is 4.21. The monoisotopic (exact) mass is 344 g/mol. The number of benzene rings is 2. The van der Waals surface area contributed by atoms with E-state index in [4.69, 9.17) is 11.6 Å². The summed E-state index contributed by atoms with van der Waals surface area (Å²) < 4.78 is 15.2. The van der Waals surface area contributed by atoms with E-state index >= 15 is 0 Å². The Labute approximate surface area is 144 Å². The first-order valence-corrected chi connectivity index (χ1v) is 8.54. The van der Waals surface area contributed by atoms with Crippen LogP contribution < -0.4 is 0 Å². The summed E-state index contributed by atoms with van der Waals surface area (Å²) in [7, 11) is 0. The second kappa shape index (κ2) is 6.49. The van der Waals surface area contributed by atoms with Gasteiger partial charge in [-0.3, -0.25) is 4.90 Å². The van der Waals surface area contributed by atoms with E-state index in [2.05, 4.69) is 27.3 Å². The molecule has 124 valence electrons. The van der Waals surface area contributed by atoms with Gasteiger partial charge in [0.2, 0.25) is 0 Å². The van der Waals surface area contributed by atoms with Crippen LogP contribution in [-0.4, -0.2) is 33.0 Å². The second-order valence-corrected chi connectivity index (χ2v) is 6.74. The van der Waals surface area contributed by atoms with Crippen molar-refractivity contribution in [3.63, 3.8) is 0 Å². The maximum absolute atomic E-state index is 13.3. The molecular weight excluding hydrogens is 327 g/mol. The Morgan fingerprint density at radius 2 is 1.83 bits per heavy atom. The van der Waals surface area contributed by atoms with Crippen molar-refractivity contribution >= 4 is 22.6 Å². The van der Waals surface area contributed by atoms with Crippen molar-refractivity contribution < 1.29 is 4.39 Å². The van der Waals surface area contributed by atoms with Gasteiger partial charge in [0, 0.05) is 30.7 Å². The number of hydrogen-bond donors (Lipinski definition) is 0. The molecule has 6 heteroatoms. The number of nitrogens with zero attached hydrogens (tertiary/aromatic N) is 4. The summed E-state index contributed by atoms with van der Waals surface area (Å²) in [4.78, 5) is 2.44. The van der Waals surface area contributed by atoms with Crippen LogP contribution in [0.25, 0.3) is 11.0 Å². The predicted molar refractivity (Wildman–Crippen MR) is 92.5 cm³/mol. The molecule has 1 aliphatic heterocycles. The van der Waals surface area contributed by atoms with Crippen LogP contribution in [0.4, 0.5) is 4.39 Å². The molecule has 1 fully saturated rings. The third kappa shape index (κ3) is 3.14. The molecular formula is C18H18ClFN4. The van der Waals surface area contributed by atoms with Crippen LogP contribution in [0.1, 0.15) is 24.4 Å². The summed E-state index contributed by atoms with van der Waals surface area (Å²) in [6.45, 7) is 2.96. The van der Waals surface area contributed by atoms with Crippen molar-refractivity contribution in [2.45, 2.75) is 25.4 Å². The molecule has 0 N–H and O–H groups in total. The number of likely N-dealkylation sites (tertiary alicyclic amines) is 1. The number of hydrogen-bond acceptors (Lipinski definition) is 3. The van der Waals surface area contributed by atoms with Crippen molar-refractivity contribution in [2.75, 3.05) is 13.1 Å². The highest BCUT2D eigenvalue weighted by molar-refractivity contribution is 6.30. The lowest BCUT2D eigenvalue weighted by Crippen LogP contribution is -2.34. The fraction of sp³-hybridized carbons (Fsp3) is 0.333. The quantitative estimate of drug-likeness (QED) is 0.718. The molecule has 0 radical (unpaired) electrons. The van der Waals surface area contributed by atoms with Gasteiger partial charge in [-0.25, -0.2) is 9.07 Å². The number of fused-ring (bicyclic) bond motifs is 1. The molecule has 1 aromatic heterocycles. The molecule has 0 saturated carbocycles. The van der Waals surface area contributed by atoms with E-state index in [0.717, 1.165) is 43.0 Å². The maximum Gasteiger partial charge on any atom is 0.125 e. The maximum atomic E-state index is 13.3. The molecule has 24 heavy (non-hydrogen) atoms. The van der Waals surface area contributed by atoms with Crippen LogP contribution in [0, 0.1) is 5.82 Å². The van der Waals surface area contributed by atoms with Gasteiger partial charge in [-0.2, -0.15) is 0 Å². The molecule has 0 unspecified atom stereocenters. The first-order valence-electron chi connectivity index (χ1n) is 8.16. The molecule has 0 bridgehead atoms. The van der Waals surface area contributed by atoms with Crippen molar-refractivity contribution in [1.82, 2.24) is 19.9 Å². The van der Waals surface area contributed by atoms with Gasteiger partial charge in [0.25, 0.3) is 0 Å². The highest BCUT2D eigenvalue weighted by Crippen LogP contribution is 2.26. The summed E-state index contributed by atoms with van der Waals surface area (Å²) >= 11 is 5.94. The topological polar surface area (TPSA) is 34.0 Å². The summed E-state index contributed by atoms with van der Waals surface area (Å²) in [5, 5.41) is 9.11. The van der Waals surface area contributed by atoms with Crippen molar-refractivity contribution in [1.29, 1.82) is 0 Å². The summed E-state index contributed by atoms with van der Waals surface area (Å²) in [6.07, 6.45) is 2.03. The molecule has 0 spiro atoms. The third-order valence-corrected chi connectivity index (χ3v) is 4.91. The number of halogens is 2. The van der Waals surface area contributed by atoms with Gasteiger partial charge in [0.05, 0.1) is 11.6 Å². The smallest absolute Gasteiger partial charge is 0.125 e. The Balaban J connectivity index is 1.42. The van der Waals surface area contributed by atoms with Crippen LogP contribution in [0.2, 0.25) is 5.02 Å². The third-order valence-electron chi connectivity index (χ3n) is 4.66. The molecule has 0 atom stereocenters. The van der Waals surface area contributed by atoms with Crippen molar-refractivity contribution in [3.8, 4) is 0 Å². The fourth-order valence-corrected chi connectivity index (χ4v) is 3.48. The normalized spacial score (nSPS) is 16.8. The molecule has 1 saturated heterocycles. The first kappa shape index (κ1) is 15.5. The van der Waals surface area contributed by atoms with Gasteiger partial charge in [-0.05, 0) is 42.7 Å². The minimum Gasteiger partial charge on any atom is -0.299 e. The Hall–Kier alpha value is -1.98. The van der Waals surface area contributed by atoms with Crippen LogP contribution in [-0.2, 0) is 6.54 Å². The summed E-state index contributed by atoms with van der Waals surface area (Å²) in [5.74, 6) is -0.271. The molecule has 2 aromatic carbocycles. The van der Waals surface area contributed by atoms with Crippen LogP contribution in [0.5, 0.6) is 0 Å². The van der Waals surface area contributed by atoms with Gasteiger partial charge in [-0.1, -0.05) is 28.9 Å². The molecule has 4 nitrogen and oxygen atoms in total. The van der Waals surface area contributed by atoms with Crippen LogP contribution in [0.3, 0.4) is 0 Å². The lowest BCUT2D eigenvalue weighted by molar-refractivity contribution is 0.174. The zero-order valence-corrected chi connectivity index (χ0v) is 14.0. The van der Waals surface area contributed by atoms with E-state index in [1.165, 1.54) is 17.7 Å². The highest BCUT2D eigenvalue weighted by atomic mass is 35.5. The SMILES string of the molecule is Fc1ccc2c(c1)nnn2C1CCN(Cc2ccc(Cl)cc2)CC1.